The molecule has 0 bridgehead atoms. The predicted octanol–water partition coefficient (Wildman–Crippen LogP) is 4.72. The fourth-order valence-electron chi connectivity index (χ4n) is 2.25. The third-order valence-electron chi connectivity index (χ3n) is 3.47. The van der Waals surface area contributed by atoms with E-state index in [-0.39, 0.29) is 21.8 Å². The summed E-state index contributed by atoms with van der Waals surface area (Å²) in [6, 6.07) is 1.03. The van der Waals surface area contributed by atoms with Crippen LogP contribution in [0.1, 0.15) is 20.8 Å². The molecule has 2 rings (SSSR count). The Morgan fingerprint density at radius 2 is 1.52 bits per heavy atom. The van der Waals surface area contributed by atoms with E-state index in [1.807, 2.05) is 71.8 Å². The molecule has 0 amide bonds. The average Bonchev–Trinajstić information content (AvgIpc) is 3.11. The van der Waals surface area contributed by atoms with Crippen LogP contribution < -0.4 is 0 Å². The van der Waals surface area contributed by atoms with Crippen LogP contribution >= 0.6 is 0 Å². The molecule has 2 fully saturated rings. The van der Waals surface area contributed by atoms with E-state index in [1.54, 1.807) is 0 Å². The van der Waals surface area contributed by atoms with Crippen LogP contribution in [0.25, 0.3) is 0 Å². The summed E-state index contributed by atoms with van der Waals surface area (Å²) in [5.41, 5.74) is 1.32. The van der Waals surface area contributed by atoms with Crippen LogP contribution in [-0.4, -0.2) is 17.0 Å². The predicted molar refractivity (Wildman–Crippen MR) is 101 cm³/mol. The van der Waals surface area contributed by atoms with E-state index in [0.717, 1.165) is 11.3 Å². The second-order valence-electron chi connectivity index (χ2n) is 7.02. The van der Waals surface area contributed by atoms with E-state index in [9.17, 15) is 4.21 Å². The zero-order valence-electron chi connectivity index (χ0n) is 14.8. The minimum absolute atomic E-state index is 0. The van der Waals surface area contributed by atoms with Crippen molar-refractivity contribution in [3.8, 4) is 0 Å². The quantitative estimate of drug-likeness (QED) is 0.503. The molecule has 126 valence electrons. The molecule has 0 heterocycles. The maximum absolute atomic E-state index is 12.5. The molecule has 0 aromatic carbocycles. The van der Waals surface area contributed by atoms with Crippen LogP contribution in [0, 0.1) is 62.2 Å². The standard InChI is InChI=1S/C14H23OSSi.C5H5.Fe/c1-7-11-17(5,6)13-10-8-9-12(13)16(15)14(2,3)4;1-2-4-5-3-1;/h7-10H,1,11H2,2-6H3;1-5H;/q;;+2/t16-;;/m0../s1. The van der Waals surface area contributed by atoms with Gasteiger partial charge in [0.1, 0.15) is 0 Å². The minimum Gasteiger partial charge on any atom is -0.258 e. The van der Waals surface area contributed by atoms with Gasteiger partial charge in [0.2, 0.25) is 0 Å². The van der Waals surface area contributed by atoms with Gasteiger partial charge in [0.25, 0.3) is 0 Å². The number of allylic oxidation sites excluding steroid dienone is 1. The summed E-state index contributed by atoms with van der Waals surface area (Å²) >= 11 is 0. The van der Waals surface area contributed by atoms with Crippen molar-refractivity contribution >= 4 is 18.9 Å². The van der Waals surface area contributed by atoms with Gasteiger partial charge in [0.05, 0.1) is 13.3 Å². The van der Waals surface area contributed by atoms with Gasteiger partial charge in [-0.1, -0.05) is 19.2 Å². The molecular weight excluding hydrogens is 360 g/mol. The molecule has 1 nitrogen and oxygen atoms in total. The SMILES string of the molecule is C=CC[Si](C)(C)[C]1[CH][CH][CH][C]1[S@](=O)C(C)(C)C.[CH]1[CH][CH][CH][CH]1.[Fe+2]. The fourth-order valence-corrected chi connectivity index (χ4v) is 6.72. The first-order valence-corrected chi connectivity index (χ1v) is 12.0. The summed E-state index contributed by atoms with van der Waals surface area (Å²) in [6.07, 6.45) is 18.2. The van der Waals surface area contributed by atoms with Crippen LogP contribution in [0.5, 0.6) is 0 Å². The van der Waals surface area contributed by atoms with Crippen molar-refractivity contribution in [1.82, 2.24) is 0 Å². The largest absolute Gasteiger partial charge is 2.00 e. The molecule has 10 radical (unpaired) electrons. The molecule has 0 aromatic heterocycles. The summed E-state index contributed by atoms with van der Waals surface area (Å²) in [7, 11) is -2.46. The molecular formula is C19H28FeOSSi+2. The average molecular weight is 388 g/mol. The van der Waals surface area contributed by atoms with Crippen LogP contribution in [0.4, 0.5) is 0 Å². The maximum Gasteiger partial charge on any atom is 2.00 e. The topological polar surface area (TPSA) is 17.1 Å². The van der Waals surface area contributed by atoms with Gasteiger partial charge in [-0.2, -0.15) is 0 Å². The Hall–Kier alpha value is 0.626. The Kier molecular flexibility index (Phi) is 10.9. The Labute approximate surface area is 159 Å². The summed E-state index contributed by atoms with van der Waals surface area (Å²) in [5, 5.41) is 1.04. The molecule has 2 aliphatic rings. The van der Waals surface area contributed by atoms with E-state index in [4.69, 9.17) is 0 Å². The molecule has 0 saturated heterocycles. The smallest absolute Gasteiger partial charge is 0.258 e. The monoisotopic (exact) mass is 388 g/mol. The van der Waals surface area contributed by atoms with Gasteiger partial charge in [0.15, 0.2) is 0 Å². The van der Waals surface area contributed by atoms with Crippen molar-refractivity contribution in [2.24, 2.45) is 0 Å². The number of hydrogen-bond donors (Lipinski definition) is 0. The van der Waals surface area contributed by atoms with E-state index in [0.29, 0.717) is 0 Å². The zero-order valence-corrected chi connectivity index (χ0v) is 17.7. The van der Waals surface area contributed by atoms with E-state index >= 15 is 0 Å². The van der Waals surface area contributed by atoms with Gasteiger partial charge in [-0.05, 0) is 83.7 Å². The van der Waals surface area contributed by atoms with Crippen LogP contribution in [0.3, 0.4) is 0 Å². The molecule has 0 aromatic rings. The maximum atomic E-state index is 12.5. The minimum atomic E-state index is -1.52. The first-order valence-electron chi connectivity index (χ1n) is 7.66. The molecule has 0 aliphatic heterocycles. The first-order chi connectivity index (χ1) is 10.2. The van der Waals surface area contributed by atoms with Crippen molar-refractivity contribution in [3.05, 3.63) is 74.8 Å². The Morgan fingerprint density at radius 1 is 1.04 bits per heavy atom. The zero-order chi connectivity index (χ0) is 16.8. The molecule has 2 aliphatic carbocycles. The summed E-state index contributed by atoms with van der Waals surface area (Å²) in [5.74, 6) is 0. The molecule has 23 heavy (non-hydrogen) atoms. The molecule has 4 heteroatoms. The molecule has 0 N–H and O–H groups in total. The van der Waals surface area contributed by atoms with Crippen LogP contribution in [0.15, 0.2) is 12.7 Å². The van der Waals surface area contributed by atoms with Crippen LogP contribution in [-0.2, 0) is 27.9 Å². The van der Waals surface area contributed by atoms with Gasteiger partial charge in [-0.15, -0.1) is 6.58 Å². The molecule has 2 saturated carbocycles. The molecule has 0 spiro atoms. The third kappa shape index (κ3) is 7.58. The summed E-state index contributed by atoms with van der Waals surface area (Å²) < 4.78 is 12.3. The second kappa shape index (κ2) is 10.6. The van der Waals surface area contributed by atoms with Crippen molar-refractivity contribution in [2.75, 3.05) is 0 Å². The molecule has 0 unspecified atom stereocenters. The number of rotatable bonds is 4. The Balaban J connectivity index is 0.000000684. The molecule has 1 atom stereocenters. The van der Waals surface area contributed by atoms with E-state index in [1.165, 1.54) is 5.54 Å². The van der Waals surface area contributed by atoms with Crippen molar-refractivity contribution in [3.63, 3.8) is 0 Å². The third-order valence-corrected chi connectivity index (χ3v) is 8.72. The van der Waals surface area contributed by atoms with Gasteiger partial charge in [0, 0.05) is 15.5 Å². The fraction of sp³-hybridized carbons (Fsp3) is 0.368. The van der Waals surface area contributed by atoms with Crippen molar-refractivity contribution in [1.29, 1.82) is 0 Å². The Morgan fingerprint density at radius 3 is 1.91 bits per heavy atom. The second-order valence-corrected chi connectivity index (χ2v) is 13.9. The summed E-state index contributed by atoms with van der Waals surface area (Å²) in [4.78, 5) is 0. The van der Waals surface area contributed by atoms with Crippen LogP contribution in [0.2, 0.25) is 19.1 Å². The normalized spacial score (nSPS) is 21.3. The van der Waals surface area contributed by atoms with E-state index in [2.05, 4.69) is 26.1 Å². The van der Waals surface area contributed by atoms with Gasteiger partial charge >= 0.3 is 17.1 Å². The first kappa shape index (κ1) is 23.6. The van der Waals surface area contributed by atoms with Gasteiger partial charge in [-0.3, -0.25) is 4.21 Å². The Bertz CT molecular complexity index is 364. The van der Waals surface area contributed by atoms with Crippen molar-refractivity contribution in [2.45, 2.75) is 44.7 Å². The van der Waals surface area contributed by atoms with Gasteiger partial charge < -0.3 is 0 Å². The van der Waals surface area contributed by atoms with Crippen molar-refractivity contribution < 1.29 is 21.3 Å². The summed E-state index contributed by atoms with van der Waals surface area (Å²) in [6.45, 7) is 14.6. The van der Waals surface area contributed by atoms with E-state index < -0.39 is 18.9 Å². The number of hydrogen-bond acceptors (Lipinski definition) is 1. The van der Waals surface area contributed by atoms with Gasteiger partial charge in [-0.25, -0.2) is 0 Å².